The minimum atomic E-state index is -0.566. The number of hydrogen-bond donors (Lipinski definition) is 1. The minimum absolute atomic E-state index is 0. The van der Waals surface area contributed by atoms with Gasteiger partial charge in [-0.25, -0.2) is 0 Å². The second kappa shape index (κ2) is 10.4. The minimum Gasteiger partial charge on any atom is -0.338 e. The molecule has 1 saturated heterocycles. The SMILES string of the molecule is CN(Cc1nc(C(C)(C)N)no1)C1CCN(Cc2ccccc2)CC1.Cl.Cl. The average molecular weight is 416 g/mol. The van der Waals surface area contributed by atoms with Crippen molar-refractivity contribution in [3.63, 3.8) is 0 Å². The number of halogens is 2. The van der Waals surface area contributed by atoms with Gasteiger partial charge in [0, 0.05) is 12.6 Å². The monoisotopic (exact) mass is 415 g/mol. The van der Waals surface area contributed by atoms with Crippen LogP contribution in [0.25, 0.3) is 0 Å². The summed E-state index contributed by atoms with van der Waals surface area (Å²) in [5, 5.41) is 4.00. The molecule has 2 heterocycles. The first-order valence-electron chi connectivity index (χ1n) is 9.00. The topological polar surface area (TPSA) is 71.4 Å². The quantitative estimate of drug-likeness (QED) is 0.780. The smallest absolute Gasteiger partial charge is 0.240 e. The summed E-state index contributed by atoms with van der Waals surface area (Å²) in [4.78, 5) is 9.28. The normalized spacial score (nSPS) is 16.0. The van der Waals surface area contributed by atoms with Gasteiger partial charge in [0.2, 0.25) is 5.89 Å². The first-order valence-corrected chi connectivity index (χ1v) is 9.00. The number of likely N-dealkylation sites (tertiary alicyclic amines) is 1. The van der Waals surface area contributed by atoms with Gasteiger partial charge in [0.15, 0.2) is 5.82 Å². The van der Waals surface area contributed by atoms with Crippen LogP contribution in [0.5, 0.6) is 0 Å². The molecule has 3 rings (SSSR count). The van der Waals surface area contributed by atoms with Gasteiger partial charge in [-0.2, -0.15) is 4.98 Å². The van der Waals surface area contributed by atoms with Crippen LogP contribution in [-0.4, -0.2) is 46.1 Å². The number of hydrogen-bond acceptors (Lipinski definition) is 6. The third kappa shape index (κ3) is 6.73. The van der Waals surface area contributed by atoms with Gasteiger partial charge in [0.05, 0.1) is 12.1 Å². The van der Waals surface area contributed by atoms with Crippen LogP contribution in [0.4, 0.5) is 0 Å². The first-order chi connectivity index (χ1) is 11.9. The van der Waals surface area contributed by atoms with E-state index >= 15 is 0 Å². The van der Waals surface area contributed by atoms with Crippen LogP contribution in [0.15, 0.2) is 34.9 Å². The lowest BCUT2D eigenvalue weighted by Crippen LogP contribution is -2.42. The highest BCUT2D eigenvalue weighted by atomic mass is 35.5. The summed E-state index contributed by atoms with van der Waals surface area (Å²) in [7, 11) is 2.13. The summed E-state index contributed by atoms with van der Waals surface area (Å²) in [6, 6.07) is 11.2. The van der Waals surface area contributed by atoms with Crippen molar-refractivity contribution in [1.29, 1.82) is 0 Å². The van der Waals surface area contributed by atoms with Gasteiger partial charge in [-0.15, -0.1) is 24.8 Å². The molecule has 1 aromatic heterocycles. The highest BCUT2D eigenvalue weighted by molar-refractivity contribution is 5.85. The van der Waals surface area contributed by atoms with E-state index in [2.05, 4.69) is 57.3 Å². The Kier molecular flexibility index (Phi) is 9.18. The zero-order chi connectivity index (χ0) is 17.9. The molecule has 1 aromatic carbocycles. The number of piperidine rings is 1. The lowest BCUT2D eigenvalue weighted by Gasteiger charge is -2.36. The van der Waals surface area contributed by atoms with E-state index in [-0.39, 0.29) is 24.8 Å². The van der Waals surface area contributed by atoms with Crippen LogP contribution in [-0.2, 0) is 18.6 Å². The summed E-state index contributed by atoms with van der Waals surface area (Å²) in [6.45, 7) is 7.72. The van der Waals surface area contributed by atoms with E-state index in [1.807, 2.05) is 13.8 Å². The van der Waals surface area contributed by atoms with Gasteiger partial charge in [-0.05, 0) is 52.4 Å². The molecule has 0 unspecified atom stereocenters. The summed E-state index contributed by atoms with van der Waals surface area (Å²) in [6.07, 6.45) is 2.32. The van der Waals surface area contributed by atoms with E-state index in [4.69, 9.17) is 10.3 Å². The van der Waals surface area contributed by atoms with Crippen LogP contribution in [0, 0.1) is 0 Å². The van der Waals surface area contributed by atoms with Crippen LogP contribution in [0.1, 0.15) is 44.0 Å². The molecule has 0 atom stereocenters. The standard InChI is InChI=1S/C19H29N5O.2ClH/c1-19(2,20)18-21-17(25-22-18)14-23(3)16-9-11-24(12-10-16)13-15-7-5-4-6-8-15;;/h4-8,16H,9-14,20H2,1-3H3;2*1H. The predicted octanol–water partition coefficient (Wildman–Crippen LogP) is 3.20. The second-order valence-corrected chi connectivity index (χ2v) is 7.64. The molecule has 0 saturated carbocycles. The first kappa shape index (κ1) is 23.9. The molecule has 0 bridgehead atoms. The fraction of sp³-hybridized carbons (Fsp3) is 0.579. The van der Waals surface area contributed by atoms with Gasteiger partial charge in [-0.1, -0.05) is 35.5 Å². The van der Waals surface area contributed by atoms with Gasteiger partial charge >= 0.3 is 0 Å². The van der Waals surface area contributed by atoms with Gasteiger partial charge in [0.1, 0.15) is 0 Å². The highest BCUT2D eigenvalue weighted by Gasteiger charge is 2.25. The van der Waals surface area contributed by atoms with E-state index in [0.29, 0.717) is 24.3 Å². The molecule has 2 aromatic rings. The summed E-state index contributed by atoms with van der Waals surface area (Å²) in [5.41, 5.74) is 6.84. The van der Waals surface area contributed by atoms with E-state index in [9.17, 15) is 0 Å². The number of aromatic nitrogens is 2. The zero-order valence-corrected chi connectivity index (χ0v) is 17.9. The fourth-order valence-electron chi connectivity index (χ4n) is 3.28. The predicted molar refractivity (Wildman–Crippen MR) is 112 cm³/mol. The molecular weight excluding hydrogens is 385 g/mol. The maximum Gasteiger partial charge on any atom is 0.240 e. The molecule has 1 aliphatic heterocycles. The van der Waals surface area contributed by atoms with E-state index in [1.165, 1.54) is 5.56 Å². The lowest BCUT2D eigenvalue weighted by molar-refractivity contribution is 0.111. The van der Waals surface area contributed by atoms with Gasteiger partial charge in [0.25, 0.3) is 0 Å². The van der Waals surface area contributed by atoms with E-state index in [1.54, 1.807) is 0 Å². The Morgan fingerprint density at radius 1 is 1.19 bits per heavy atom. The van der Waals surface area contributed by atoms with Crippen LogP contribution < -0.4 is 5.73 Å². The molecule has 6 nitrogen and oxygen atoms in total. The Balaban J connectivity index is 0.00000182. The van der Waals surface area contributed by atoms with Crippen molar-refractivity contribution < 1.29 is 4.52 Å². The van der Waals surface area contributed by atoms with Gasteiger partial charge in [-0.3, -0.25) is 9.80 Å². The molecule has 0 spiro atoms. The van der Waals surface area contributed by atoms with Crippen molar-refractivity contribution in [2.75, 3.05) is 20.1 Å². The summed E-state index contributed by atoms with van der Waals surface area (Å²) in [5.74, 6) is 1.20. The molecule has 0 radical (unpaired) electrons. The largest absolute Gasteiger partial charge is 0.338 e. The Labute approximate surface area is 174 Å². The van der Waals surface area contributed by atoms with E-state index in [0.717, 1.165) is 32.5 Å². The average Bonchev–Trinajstić information content (AvgIpc) is 3.05. The molecule has 152 valence electrons. The fourth-order valence-corrected chi connectivity index (χ4v) is 3.28. The number of nitrogens with two attached hydrogens (primary N) is 1. The molecule has 1 aliphatic rings. The Bertz CT molecular complexity index is 666. The zero-order valence-electron chi connectivity index (χ0n) is 16.3. The number of nitrogens with zero attached hydrogens (tertiary/aromatic N) is 4. The molecule has 2 N–H and O–H groups in total. The van der Waals surface area contributed by atoms with Crippen LogP contribution in [0.2, 0.25) is 0 Å². The molecular formula is C19H31Cl2N5O. The van der Waals surface area contributed by atoms with Crippen molar-refractivity contribution in [2.45, 2.75) is 51.4 Å². The third-order valence-corrected chi connectivity index (χ3v) is 4.86. The molecule has 8 heteroatoms. The Hall–Kier alpha value is -1.18. The van der Waals surface area contributed by atoms with Crippen molar-refractivity contribution in [1.82, 2.24) is 19.9 Å². The van der Waals surface area contributed by atoms with Crippen LogP contribution >= 0.6 is 24.8 Å². The van der Waals surface area contributed by atoms with Crippen molar-refractivity contribution >= 4 is 24.8 Å². The van der Waals surface area contributed by atoms with Gasteiger partial charge < -0.3 is 10.3 Å². The summed E-state index contributed by atoms with van der Waals surface area (Å²) >= 11 is 0. The third-order valence-electron chi connectivity index (χ3n) is 4.86. The number of benzene rings is 1. The molecule has 0 amide bonds. The van der Waals surface area contributed by atoms with E-state index < -0.39 is 5.54 Å². The second-order valence-electron chi connectivity index (χ2n) is 7.64. The Morgan fingerprint density at radius 3 is 2.37 bits per heavy atom. The Morgan fingerprint density at radius 2 is 1.81 bits per heavy atom. The maximum atomic E-state index is 6.02. The van der Waals surface area contributed by atoms with Crippen LogP contribution in [0.3, 0.4) is 0 Å². The molecule has 27 heavy (non-hydrogen) atoms. The molecule has 1 fully saturated rings. The lowest BCUT2D eigenvalue weighted by atomic mass is 10.0. The van der Waals surface area contributed by atoms with Crippen molar-refractivity contribution in [2.24, 2.45) is 5.73 Å². The maximum absolute atomic E-state index is 6.02. The number of rotatable bonds is 6. The summed E-state index contributed by atoms with van der Waals surface area (Å²) < 4.78 is 5.36. The van der Waals surface area contributed by atoms with Crippen molar-refractivity contribution in [3.05, 3.63) is 47.6 Å². The van der Waals surface area contributed by atoms with Crippen molar-refractivity contribution in [3.8, 4) is 0 Å². The highest BCUT2D eigenvalue weighted by Crippen LogP contribution is 2.20. The molecule has 0 aliphatic carbocycles.